The molecule has 2 unspecified atom stereocenters. The van der Waals surface area contributed by atoms with Gasteiger partial charge in [-0.3, -0.25) is 0 Å². The van der Waals surface area contributed by atoms with Crippen LogP contribution in [0.3, 0.4) is 0 Å². The highest BCUT2D eigenvalue weighted by Crippen LogP contribution is 2.24. The number of ether oxygens (including phenoxy) is 1. The van der Waals surface area contributed by atoms with Gasteiger partial charge in [0, 0.05) is 0 Å². The summed E-state index contributed by atoms with van der Waals surface area (Å²) in [6.45, 7) is 1.55. The molecule has 0 spiro atoms. The molecular formula is C12H18O7S. The van der Waals surface area contributed by atoms with Gasteiger partial charge in [-0.15, -0.1) is 0 Å². The average Bonchev–Trinajstić information content (AvgIpc) is 2.94. The first-order valence-electron chi connectivity index (χ1n) is 6.29. The molecule has 1 aromatic rings. The minimum Gasteiger partial charge on any atom is -0.453 e. The zero-order valence-corrected chi connectivity index (χ0v) is 11.7. The predicted octanol–water partition coefficient (Wildman–Crippen LogP) is -0.687. The quantitative estimate of drug-likeness (QED) is 0.674. The lowest BCUT2D eigenvalue weighted by atomic mass is 9.94. The molecule has 1 aliphatic heterocycles. The van der Waals surface area contributed by atoms with Crippen LogP contribution in [0.2, 0.25) is 0 Å². The Hall–Kier alpha value is -0.930. The van der Waals surface area contributed by atoms with Crippen molar-refractivity contribution in [1.82, 2.24) is 0 Å². The summed E-state index contributed by atoms with van der Waals surface area (Å²) >= 11 is 0. The minimum atomic E-state index is -3.59. The smallest absolute Gasteiger partial charge is 0.217 e. The van der Waals surface area contributed by atoms with Crippen molar-refractivity contribution in [2.45, 2.75) is 49.0 Å². The number of hydrogen-bond donors (Lipinski definition) is 3. The topological polar surface area (TPSA) is 117 Å². The maximum atomic E-state index is 11.9. The average molecular weight is 306 g/mol. The van der Waals surface area contributed by atoms with Gasteiger partial charge < -0.3 is 24.5 Å². The summed E-state index contributed by atoms with van der Waals surface area (Å²) < 4.78 is 34.0. The Bertz CT molecular complexity index is 524. The summed E-state index contributed by atoms with van der Waals surface area (Å²) in [6.07, 6.45) is -4.14. The second kappa shape index (κ2) is 5.82. The summed E-state index contributed by atoms with van der Waals surface area (Å²) in [6, 6.07) is 2.82. The Morgan fingerprint density at radius 2 is 1.90 bits per heavy atom. The van der Waals surface area contributed by atoms with Crippen molar-refractivity contribution in [3.63, 3.8) is 0 Å². The minimum absolute atomic E-state index is 0.00167. The Morgan fingerprint density at radius 3 is 2.50 bits per heavy atom. The van der Waals surface area contributed by atoms with Gasteiger partial charge in [-0.1, -0.05) is 0 Å². The van der Waals surface area contributed by atoms with Crippen molar-refractivity contribution in [2.75, 3.05) is 5.75 Å². The van der Waals surface area contributed by atoms with Crippen molar-refractivity contribution in [3.05, 3.63) is 18.4 Å². The zero-order chi connectivity index (χ0) is 14.9. The highest BCUT2D eigenvalue weighted by Gasteiger charge is 2.41. The molecule has 7 nitrogen and oxygen atoms in total. The molecule has 20 heavy (non-hydrogen) atoms. The summed E-state index contributed by atoms with van der Waals surface area (Å²) in [4.78, 5) is 0. The van der Waals surface area contributed by atoms with Crippen LogP contribution in [0.4, 0.5) is 0 Å². The fourth-order valence-corrected chi connectivity index (χ4v) is 3.42. The van der Waals surface area contributed by atoms with Crippen LogP contribution in [0.25, 0.3) is 0 Å². The van der Waals surface area contributed by atoms with E-state index in [1.165, 1.54) is 18.4 Å². The lowest BCUT2D eigenvalue weighted by molar-refractivity contribution is -0.217. The van der Waals surface area contributed by atoms with Crippen LogP contribution < -0.4 is 0 Å². The van der Waals surface area contributed by atoms with Gasteiger partial charge >= 0.3 is 0 Å². The summed E-state index contributed by atoms with van der Waals surface area (Å²) in [7, 11) is -3.59. The molecule has 0 radical (unpaired) electrons. The molecule has 1 fully saturated rings. The van der Waals surface area contributed by atoms with E-state index in [0.717, 1.165) is 0 Å². The number of furan rings is 1. The van der Waals surface area contributed by atoms with Gasteiger partial charge in [0.2, 0.25) is 14.9 Å². The fraction of sp³-hybridized carbons (Fsp3) is 0.667. The third-order valence-electron chi connectivity index (χ3n) is 3.42. The SMILES string of the molecule is CC1O[C@H](CCS(=O)(=O)c2ccco2)C(O)[C@@H](O)[C@@H]1O. The number of rotatable bonds is 4. The van der Waals surface area contributed by atoms with E-state index in [-0.39, 0.29) is 17.3 Å². The van der Waals surface area contributed by atoms with Gasteiger partial charge in [0.1, 0.15) is 18.3 Å². The maximum Gasteiger partial charge on any atom is 0.217 e. The van der Waals surface area contributed by atoms with Crippen LogP contribution in [0.1, 0.15) is 13.3 Å². The molecule has 0 aromatic carbocycles. The lowest BCUT2D eigenvalue weighted by Gasteiger charge is -2.39. The third-order valence-corrected chi connectivity index (χ3v) is 5.04. The van der Waals surface area contributed by atoms with Gasteiger partial charge in [0.05, 0.1) is 24.2 Å². The first kappa shape index (κ1) is 15.5. The standard InChI is InChI=1S/C12H18O7S/c1-7-10(13)12(15)11(14)8(19-7)4-6-20(16,17)9-3-2-5-18-9/h2-3,5,7-8,10-15H,4,6H2,1H3/t7?,8-,10-,11?,12+/m1/s1. The molecule has 0 amide bonds. The molecule has 1 aliphatic rings. The molecule has 3 N–H and O–H groups in total. The number of aliphatic hydroxyl groups is 3. The van der Waals surface area contributed by atoms with Gasteiger partial charge in [0.15, 0.2) is 0 Å². The van der Waals surface area contributed by atoms with E-state index in [9.17, 15) is 23.7 Å². The van der Waals surface area contributed by atoms with E-state index < -0.39 is 40.4 Å². The van der Waals surface area contributed by atoms with Gasteiger partial charge in [-0.2, -0.15) is 0 Å². The molecule has 2 rings (SSSR count). The molecule has 0 aliphatic carbocycles. The lowest BCUT2D eigenvalue weighted by Crippen LogP contribution is -2.56. The summed E-state index contributed by atoms with van der Waals surface area (Å²) in [5.41, 5.74) is 0. The van der Waals surface area contributed by atoms with E-state index in [1.807, 2.05) is 0 Å². The zero-order valence-electron chi connectivity index (χ0n) is 10.9. The van der Waals surface area contributed by atoms with Crippen LogP contribution in [-0.2, 0) is 14.6 Å². The second-order valence-electron chi connectivity index (χ2n) is 4.89. The largest absolute Gasteiger partial charge is 0.453 e. The Balaban J connectivity index is 2.00. The molecule has 8 heteroatoms. The van der Waals surface area contributed by atoms with Crippen molar-refractivity contribution >= 4 is 9.84 Å². The molecule has 1 aromatic heterocycles. The van der Waals surface area contributed by atoms with Crippen molar-refractivity contribution in [1.29, 1.82) is 0 Å². The monoisotopic (exact) mass is 306 g/mol. The van der Waals surface area contributed by atoms with Crippen LogP contribution in [0, 0.1) is 0 Å². The van der Waals surface area contributed by atoms with E-state index in [0.29, 0.717) is 0 Å². The van der Waals surface area contributed by atoms with E-state index in [2.05, 4.69) is 0 Å². The van der Waals surface area contributed by atoms with E-state index in [4.69, 9.17) is 9.15 Å². The van der Waals surface area contributed by atoms with Crippen molar-refractivity contribution in [2.24, 2.45) is 0 Å². The summed E-state index contributed by atoms with van der Waals surface area (Å²) in [5.74, 6) is -0.280. The molecule has 2 heterocycles. The fourth-order valence-electron chi connectivity index (χ4n) is 2.19. The first-order valence-corrected chi connectivity index (χ1v) is 7.94. The predicted molar refractivity (Wildman–Crippen MR) is 67.7 cm³/mol. The molecule has 114 valence electrons. The highest BCUT2D eigenvalue weighted by atomic mass is 32.2. The van der Waals surface area contributed by atoms with Gasteiger partial charge in [0.25, 0.3) is 0 Å². The van der Waals surface area contributed by atoms with E-state index in [1.54, 1.807) is 6.92 Å². The number of sulfone groups is 1. The Morgan fingerprint density at radius 1 is 1.20 bits per heavy atom. The molecule has 5 atom stereocenters. The summed E-state index contributed by atoms with van der Waals surface area (Å²) in [5, 5.41) is 28.9. The Labute approximate surface area is 116 Å². The number of aliphatic hydroxyl groups excluding tert-OH is 3. The van der Waals surface area contributed by atoms with Crippen LogP contribution in [-0.4, -0.2) is 60.0 Å². The normalized spacial score (nSPS) is 35.1. The van der Waals surface area contributed by atoms with Gasteiger partial charge in [-0.25, -0.2) is 8.42 Å². The van der Waals surface area contributed by atoms with Crippen molar-refractivity contribution < 1.29 is 32.9 Å². The van der Waals surface area contributed by atoms with Crippen LogP contribution in [0.5, 0.6) is 0 Å². The molecule has 1 saturated heterocycles. The van der Waals surface area contributed by atoms with Crippen LogP contribution >= 0.6 is 0 Å². The third kappa shape index (κ3) is 3.04. The Kier molecular flexibility index (Phi) is 4.50. The van der Waals surface area contributed by atoms with E-state index >= 15 is 0 Å². The molecular weight excluding hydrogens is 288 g/mol. The van der Waals surface area contributed by atoms with Gasteiger partial charge in [-0.05, 0) is 25.5 Å². The first-order chi connectivity index (χ1) is 9.33. The number of hydrogen-bond acceptors (Lipinski definition) is 7. The van der Waals surface area contributed by atoms with Crippen LogP contribution in [0.15, 0.2) is 27.9 Å². The maximum absolute atomic E-state index is 11.9. The highest BCUT2D eigenvalue weighted by molar-refractivity contribution is 7.91. The second-order valence-corrected chi connectivity index (χ2v) is 6.93. The molecule has 0 bridgehead atoms. The van der Waals surface area contributed by atoms with Crippen molar-refractivity contribution in [3.8, 4) is 0 Å². The molecule has 0 saturated carbocycles.